The van der Waals surface area contributed by atoms with Gasteiger partial charge in [0.15, 0.2) is 0 Å². The Morgan fingerprint density at radius 2 is 2.10 bits per heavy atom. The average Bonchev–Trinajstić information content (AvgIpc) is 2.49. The van der Waals surface area contributed by atoms with Crippen LogP contribution in [0.25, 0.3) is 0 Å². The quantitative estimate of drug-likeness (QED) is 0.902. The molecular weight excluding hydrogens is 262 g/mol. The molecule has 0 radical (unpaired) electrons. The smallest absolute Gasteiger partial charge is 0.137 e. The number of hydrogen-bond donors (Lipinski definition) is 1. The predicted octanol–water partition coefficient (Wildman–Crippen LogP) is 2.31. The van der Waals surface area contributed by atoms with Gasteiger partial charge in [0.1, 0.15) is 17.5 Å². The normalized spacial score (nSPS) is 19.1. The van der Waals surface area contributed by atoms with Gasteiger partial charge in [-0.25, -0.2) is 9.97 Å². The largest absolute Gasteiger partial charge is 0.373 e. The predicted molar refractivity (Wildman–Crippen MR) is 89.2 cm³/mol. The van der Waals surface area contributed by atoms with Gasteiger partial charge in [-0.15, -0.1) is 0 Å². The number of hydrogen-bond acceptors (Lipinski definition) is 5. The summed E-state index contributed by atoms with van der Waals surface area (Å²) >= 11 is 0. The van der Waals surface area contributed by atoms with Gasteiger partial charge in [-0.2, -0.15) is 0 Å². The molecular formula is C16H29N5. The van der Waals surface area contributed by atoms with Crippen molar-refractivity contribution in [3.05, 3.63) is 11.4 Å². The van der Waals surface area contributed by atoms with E-state index in [0.717, 1.165) is 49.0 Å². The summed E-state index contributed by atoms with van der Waals surface area (Å²) in [5.74, 6) is 3.04. The maximum Gasteiger partial charge on any atom is 0.137 e. The SMILES string of the molecule is CCCc1nc(NC)c(C)c(N2CCCC(N(C)C)C2)n1. The molecule has 5 nitrogen and oxygen atoms in total. The van der Waals surface area contributed by atoms with Crippen molar-refractivity contribution >= 4 is 11.6 Å². The minimum atomic E-state index is 0.612. The summed E-state index contributed by atoms with van der Waals surface area (Å²) in [6, 6.07) is 0.612. The monoisotopic (exact) mass is 291 g/mol. The van der Waals surface area contributed by atoms with E-state index in [4.69, 9.17) is 4.98 Å². The highest BCUT2D eigenvalue weighted by atomic mass is 15.3. The standard InChI is InChI=1S/C16H29N5/c1-6-8-14-18-15(17-3)12(2)16(19-14)21-10-7-9-13(11-21)20(4)5/h13H,6-11H2,1-5H3,(H,17,18,19). The van der Waals surface area contributed by atoms with Crippen LogP contribution in [0.2, 0.25) is 0 Å². The zero-order valence-electron chi connectivity index (χ0n) is 14.1. The van der Waals surface area contributed by atoms with E-state index in [2.05, 4.69) is 48.0 Å². The molecule has 0 saturated carbocycles. The van der Waals surface area contributed by atoms with E-state index >= 15 is 0 Å². The molecule has 21 heavy (non-hydrogen) atoms. The minimum absolute atomic E-state index is 0.612. The zero-order chi connectivity index (χ0) is 15.4. The molecule has 0 aromatic carbocycles. The van der Waals surface area contributed by atoms with Gasteiger partial charge in [0, 0.05) is 38.2 Å². The molecule has 0 amide bonds. The lowest BCUT2D eigenvalue weighted by Crippen LogP contribution is -2.45. The van der Waals surface area contributed by atoms with Crippen molar-refractivity contribution in [1.29, 1.82) is 0 Å². The Kier molecular flexibility index (Phi) is 5.39. The molecule has 1 aliphatic rings. The van der Waals surface area contributed by atoms with Gasteiger partial charge in [0.2, 0.25) is 0 Å². The first-order valence-electron chi connectivity index (χ1n) is 8.03. The number of nitrogens with zero attached hydrogens (tertiary/aromatic N) is 4. The van der Waals surface area contributed by atoms with Crippen LogP contribution in [0.3, 0.4) is 0 Å². The number of aromatic nitrogens is 2. The molecule has 0 spiro atoms. The van der Waals surface area contributed by atoms with Crippen LogP contribution in [-0.4, -0.2) is 55.1 Å². The Bertz CT molecular complexity index is 472. The summed E-state index contributed by atoms with van der Waals surface area (Å²) in [6.45, 7) is 6.44. The first-order chi connectivity index (χ1) is 10.1. The van der Waals surface area contributed by atoms with Crippen molar-refractivity contribution in [3.63, 3.8) is 0 Å². The molecule has 2 heterocycles. The van der Waals surface area contributed by atoms with Gasteiger partial charge >= 0.3 is 0 Å². The summed E-state index contributed by atoms with van der Waals surface area (Å²) in [6.07, 6.45) is 4.51. The number of aryl methyl sites for hydroxylation is 1. The molecule has 0 aliphatic carbocycles. The number of anilines is 2. The van der Waals surface area contributed by atoms with Crippen molar-refractivity contribution in [2.45, 2.75) is 45.6 Å². The summed E-state index contributed by atoms with van der Waals surface area (Å²) < 4.78 is 0. The lowest BCUT2D eigenvalue weighted by atomic mass is 10.0. The van der Waals surface area contributed by atoms with Crippen LogP contribution in [-0.2, 0) is 6.42 Å². The topological polar surface area (TPSA) is 44.3 Å². The summed E-state index contributed by atoms with van der Waals surface area (Å²) in [5, 5.41) is 3.22. The second-order valence-corrected chi connectivity index (χ2v) is 6.14. The van der Waals surface area contributed by atoms with Gasteiger partial charge in [-0.3, -0.25) is 0 Å². The van der Waals surface area contributed by atoms with Crippen molar-refractivity contribution in [3.8, 4) is 0 Å². The van der Waals surface area contributed by atoms with E-state index in [-0.39, 0.29) is 0 Å². The van der Waals surface area contributed by atoms with Gasteiger partial charge < -0.3 is 15.1 Å². The van der Waals surface area contributed by atoms with Gasteiger partial charge in [0.25, 0.3) is 0 Å². The van der Waals surface area contributed by atoms with Crippen molar-refractivity contribution in [2.24, 2.45) is 0 Å². The van der Waals surface area contributed by atoms with Gasteiger partial charge in [-0.1, -0.05) is 6.92 Å². The van der Waals surface area contributed by atoms with E-state index in [1.807, 2.05) is 7.05 Å². The zero-order valence-corrected chi connectivity index (χ0v) is 14.1. The minimum Gasteiger partial charge on any atom is -0.373 e. The molecule has 1 fully saturated rings. The van der Waals surface area contributed by atoms with E-state index in [1.54, 1.807) is 0 Å². The second-order valence-electron chi connectivity index (χ2n) is 6.14. The van der Waals surface area contributed by atoms with Crippen LogP contribution in [0.1, 0.15) is 37.6 Å². The third-order valence-electron chi connectivity index (χ3n) is 4.30. The molecule has 1 N–H and O–H groups in total. The van der Waals surface area contributed by atoms with Gasteiger partial charge in [-0.05, 0) is 40.3 Å². The average molecular weight is 291 g/mol. The van der Waals surface area contributed by atoms with E-state index < -0.39 is 0 Å². The third-order valence-corrected chi connectivity index (χ3v) is 4.30. The lowest BCUT2D eigenvalue weighted by Gasteiger charge is -2.37. The molecule has 5 heteroatoms. The maximum atomic E-state index is 4.84. The third kappa shape index (κ3) is 3.64. The Hall–Kier alpha value is -1.36. The van der Waals surface area contributed by atoms with E-state index in [0.29, 0.717) is 6.04 Å². The van der Waals surface area contributed by atoms with Gasteiger partial charge in [0.05, 0.1) is 0 Å². The van der Waals surface area contributed by atoms with E-state index in [1.165, 1.54) is 12.8 Å². The van der Waals surface area contributed by atoms with Crippen molar-refractivity contribution in [2.75, 3.05) is 44.4 Å². The molecule has 0 bridgehead atoms. The Labute approximate surface area is 128 Å². The fourth-order valence-corrected chi connectivity index (χ4v) is 3.01. The molecule has 118 valence electrons. The maximum absolute atomic E-state index is 4.84. The Morgan fingerprint density at radius 3 is 2.71 bits per heavy atom. The van der Waals surface area contributed by atoms with Crippen LogP contribution in [0.15, 0.2) is 0 Å². The summed E-state index contributed by atoms with van der Waals surface area (Å²) in [7, 11) is 6.28. The van der Waals surface area contributed by atoms with Crippen LogP contribution < -0.4 is 10.2 Å². The molecule has 2 rings (SSSR count). The Morgan fingerprint density at radius 1 is 1.33 bits per heavy atom. The highest BCUT2D eigenvalue weighted by molar-refractivity contribution is 5.58. The molecule has 1 aromatic heterocycles. The molecule has 1 aliphatic heterocycles. The first kappa shape index (κ1) is 16.0. The molecule has 1 atom stereocenters. The van der Waals surface area contributed by atoms with Crippen molar-refractivity contribution < 1.29 is 0 Å². The molecule has 1 unspecified atom stereocenters. The highest BCUT2D eigenvalue weighted by Gasteiger charge is 2.24. The number of likely N-dealkylation sites (N-methyl/N-ethyl adjacent to an activating group) is 1. The number of piperidine rings is 1. The number of rotatable bonds is 5. The fraction of sp³-hybridized carbons (Fsp3) is 0.750. The van der Waals surface area contributed by atoms with Crippen LogP contribution in [0, 0.1) is 6.92 Å². The fourth-order valence-electron chi connectivity index (χ4n) is 3.01. The summed E-state index contributed by atoms with van der Waals surface area (Å²) in [5.41, 5.74) is 1.16. The first-order valence-corrected chi connectivity index (χ1v) is 8.03. The van der Waals surface area contributed by atoms with Crippen LogP contribution in [0.4, 0.5) is 11.6 Å². The second kappa shape index (κ2) is 7.07. The van der Waals surface area contributed by atoms with E-state index in [9.17, 15) is 0 Å². The molecule has 1 aromatic rings. The summed E-state index contributed by atoms with van der Waals surface area (Å²) in [4.78, 5) is 14.2. The Balaban J connectivity index is 2.30. The molecule has 1 saturated heterocycles. The van der Waals surface area contributed by atoms with Crippen LogP contribution >= 0.6 is 0 Å². The number of nitrogens with one attached hydrogen (secondary N) is 1. The lowest BCUT2D eigenvalue weighted by molar-refractivity contribution is 0.257. The van der Waals surface area contributed by atoms with Crippen LogP contribution in [0.5, 0.6) is 0 Å². The van der Waals surface area contributed by atoms with Crippen molar-refractivity contribution in [1.82, 2.24) is 14.9 Å². The highest BCUT2D eigenvalue weighted by Crippen LogP contribution is 2.27.